The van der Waals surface area contributed by atoms with Crippen molar-refractivity contribution < 1.29 is 28.7 Å². The summed E-state index contributed by atoms with van der Waals surface area (Å²) in [7, 11) is 0. The standard InChI is InChI=1S/C12H11FN2O6/c13-6-3-7(5-8(4-6)15(19)20)14-11(16)9-1-2-10(21-9)12(17)18/h3-5,9-10H,1-2H2,(H,14,16)(H,17,18). The fourth-order valence-corrected chi connectivity index (χ4v) is 1.99. The number of anilines is 1. The molecule has 1 aliphatic heterocycles. The van der Waals surface area contributed by atoms with E-state index in [2.05, 4.69) is 5.32 Å². The van der Waals surface area contributed by atoms with Crippen molar-refractivity contribution in [3.05, 3.63) is 34.1 Å². The van der Waals surface area contributed by atoms with Crippen molar-refractivity contribution >= 4 is 23.3 Å². The molecule has 1 amide bonds. The predicted molar refractivity (Wildman–Crippen MR) is 67.2 cm³/mol. The van der Waals surface area contributed by atoms with E-state index in [0.29, 0.717) is 0 Å². The number of carbonyl (C=O) groups excluding carboxylic acids is 1. The van der Waals surface area contributed by atoms with Crippen LogP contribution in [-0.2, 0) is 14.3 Å². The molecule has 2 rings (SSSR count). The first-order valence-electron chi connectivity index (χ1n) is 6.01. The summed E-state index contributed by atoms with van der Waals surface area (Å²) in [5.74, 6) is -2.69. The smallest absolute Gasteiger partial charge is 0.332 e. The normalized spacial score (nSPS) is 21.0. The molecule has 0 aromatic heterocycles. The van der Waals surface area contributed by atoms with Gasteiger partial charge in [0.15, 0.2) is 6.10 Å². The Balaban J connectivity index is 2.07. The van der Waals surface area contributed by atoms with Gasteiger partial charge in [-0.3, -0.25) is 14.9 Å². The lowest BCUT2D eigenvalue weighted by Gasteiger charge is -2.11. The number of carboxylic acid groups (broad SMARTS) is 1. The van der Waals surface area contributed by atoms with Crippen LogP contribution in [0, 0.1) is 15.9 Å². The van der Waals surface area contributed by atoms with E-state index >= 15 is 0 Å². The third-order valence-electron chi connectivity index (χ3n) is 2.95. The molecule has 0 aliphatic carbocycles. The van der Waals surface area contributed by atoms with E-state index in [4.69, 9.17) is 9.84 Å². The number of ether oxygens (including phenoxy) is 1. The van der Waals surface area contributed by atoms with Gasteiger partial charge in [-0.2, -0.15) is 0 Å². The summed E-state index contributed by atoms with van der Waals surface area (Å²) in [5, 5.41) is 21.6. The number of nitrogens with one attached hydrogen (secondary N) is 1. The van der Waals surface area contributed by atoms with Crippen molar-refractivity contribution in [3.8, 4) is 0 Å². The number of hydrogen-bond acceptors (Lipinski definition) is 5. The molecule has 1 fully saturated rings. The molecular formula is C12H11FN2O6. The highest BCUT2D eigenvalue weighted by molar-refractivity contribution is 5.95. The number of aliphatic carboxylic acids is 1. The minimum Gasteiger partial charge on any atom is -0.479 e. The third kappa shape index (κ3) is 3.51. The molecule has 21 heavy (non-hydrogen) atoms. The van der Waals surface area contributed by atoms with Crippen LogP contribution in [0.4, 0.5) is 15.8 Å². The van der Waals surface area contributed by atoms with Crippen molar-refractivity contribution in [1.82, 2.24) is 0 Å². The molecule has 1 aromatic rings. The van der Waals surface area contributed by atoms with Crippen LogP contribution in [0.15, 0.2) is 18.2 Å². The van der Waals surface area contributed by atoms with Crippen molar-refractivity contribution in [2.45, 2.75) is 25.0 Å². The molecule has 8 nitrogen and oxygen atoms in total. The van der Waals surface area contributed by atoms with Gasteiger partial charge in [-0.05, 0) is 18.9 Å². The number of nitrogens with zero attached hydrogens (tertiary/aromatic N) is 1. The Morgan fingerprint density at radius 1 is 1.33 bits per heavy atom. The zero-order valence-corrected chi connectivity index (χ0v) is 10.6. The zero-order valence-electron chi connectivity index (χ0n) is 10.6. The SMILES string of the molecule is O=C(O)C1CCC(C(=O)Nc2cc(F)cc([N+](=O)[O-])c2)O1. The van der Waals surface area contributed by atoms with Crippen molar-refractivity contribution in [3.63, 3.8) is 0 Å². The van der Waals surface area contributed by atoms with Crippen LogP contribution >= 0.6 is 0 Å². The third-order valence-corrected chi connectivity index (χ3v) is 2.95. The fourth-order valence-electron chi connectivity index (χ4n) is 1.99. The van der Waals surface area contributed by atoms with Crippen LogP contribution in [0.25, 0.3) is 0 Å². The maximum Gasteiger partial charge on any atom is 0.332 e. The highest BCUT2D eigenvalue weighted by Gasteiger charge is 2.34. The molecular weight excluding hydrogens is 287 g/mol. The van der Waals surface area contributed by atoms with Gasteiger partial charge in [0.1, 0.15) is 11.9 Å². The molecule has 1 saturated heterocycles. The zero-order chi connectivity index (χ0) is 15.6. The van der Waals surface area contributed by atoms with E-state index < -0.39 is 40.5 Å². The van der Waals surface area contributed by atoms with Gasteiger partial charge in [-0.25, -0.2) is 9.18 Å². The lowest BCUT2D eigenvalue weighted by molar-refractivity contribution is -0.385. The van der Waals surface area contributed by atoms with E-state index in [1.807, 2.05) is 0 Å². The number of carbonyl (C=O) groups is 2. The first-order chi connectivity index (χ1) is 9.86. The average molecular weight is 298 g/mol. The van der Waals surface area contributed by atoms with E-state index in [9.17, 15) is 24.1 Å². The maximum atomic E-state index is 13.2. The van der Waals surface area contributed by atoms with E-state index in [0.717, 1.165) is 18.2 Å². The van der Waals surface area contributed by atoms with Crippen LogP contribution in [0.2, 0.25) is 0 Å². The molecule has 1 aliphatic rings. The fraction of sp³-hybridized carbons (Fsp3) is 0.333. The number of nitro benzene ring substituents is 1. The Hall–Kier alpha value is -2.55. The predicted octanol–water partition coefficient (Wildman–Crippen LogP) is 1.30. The molecule has 0 bridgehead atoms. The molecule has 112 valence electrons. The Bertz CT molecular complexity index is 605. The van der Waals surface area contributed by atoms with Gasteiger partial charge in [0.25, 0.3) is 11.6 Å². The quantitative estimate of drug-likeness (QED) is 0.639. The largest absolute Gasteiger partial charge is 0.479 e. The molecule has 9 heteroatoms. The van der Waals surface area contributed by atoms with Crippen molar-refractivity contribution in [2.75, 3.05) is 5.32 Å². The first-order valence-corrected chi connectivity index (χ1v) is 6.01. The van der Waals surface area contributed by atoms with Gasteiger partial charge in [-0.1, -0.05) is 0 Å². The number of rotatable bonds is 4. The van der Waals surface area contributed by atoms with E-state index in [-0.39, 0.29) is 18.5 Å². The molecule has 0 spiro atoms. The van der Waals surface area contributed by atoms with Gasteiger partial charge in [0.05, 0.1) is 16.7 Å². The van der Waals surface area contributed by atoms with Gasteiger partial charge in [0, 0.05) is 6.07 Å². The van der Waals surface area contributed by atoms with Crippen LogP contribution < -0.4 is 5.32 Å². The van der Waals surface area contributed by atoms with Gasteiger partial charge < -0.3 is 15.2 Å². The summed E-state index contributed by atoms with van der Waals surface area (Å²) in [5.41, 5.74) is -0.588. The first kappa shape index (κ1) is 14.9. The Morgan fingerprint density at radius 2 is 2.00 bits per heavy atom. The summed E-state index contributed by atoms with van der Waals surface area (Å²) in [6.07, 6.45) is -1.63. The number of hydrogen-bond donors (Lipinski definition) is 2. The summed E-state index contributed by atoms with van der Waals surface area (Å²) in [6, 6.07) is 2.65. The van der Waals surface area contributed by atoms with Gasteiger partial charge >= 0.3 is 5.97 Å². The van der Waals surface area contributed by atoms with Gasteiger partial charge in [0.2, 0.25) is 0 Å². The van der Waals surface area contributed by atoms with Crippen LogP contribution in [-0.4, -0.2) is 34.1 Å². The highest BCUT2D eigenvalue weighted by atomic mass is 19.1. The lowest BCUT2D eigenvalue weighted by Crippen LogP contribution is -2.30. The van der Waals surface area contributed by atoms with Crippen molar-refractivity contribution in [2.24, 2.45) is 0 Å². The summed E-state index contributed by atoms with van der Waals surface area (Å²) >= 11 is 0. The number of amides is 1. The minimum absolute atomic E-state index is 0.0888. The maximum absolute atomic E-state index is 13.2. The van der Waals surface area contributed by atoms with Gasteiger partial charge in [-0.15, -0.1) is 0 Å². The monoisotopic (exact) mass is 298 g/mol. The molecule has 0 saturated carbocycles. The number of carboxylic acids is 1. The molecule has 1 heterocycles. The second kappa shape index (κ2) is 5.83. The lowest BCUT2D eigenvalue weighted by atomic mass is 10.2. The number of non-ortho nitro benzene ring substituents is 1. The second-order valence-electron chi connectivity index (χ2n) is 4.47. The van der Waals surface area contributed by atoms with Crippen molar-refractivity contribution in [1.29, 1.82) is 0 Å². The summed E-state index contributed by atoms with van der Waals surface area (Å²) in [6.45, 7) is 0. The number of nitro groups is 1. The Morgan fingerprint density at radius 3 is 2.57 bits per heavy atom. The average Bonchev–Trinajstić information content (AvgIpc) is 2.87. The number of benzene rings is 1. The summed E-state index contributed by atoms with van der Waals surface area (Å²) < 4.78 is 18.2. The van der Waals surface area contributed by atoms with E-state index in [1.165, 1.54) is 0 Å². The molecule has 0 radical (unpaired) electrons. The molecule has 2 N–H and O–H groups in total. The Kier molecular flexibility index (Phi) is 4.13. The summed E-state index contributed by atoms with van der Waals surface area (Å²) in [4.78, 5) is 32.4. The molecule has 1 aromatic carbocycles. The minimum atomic E-state index is -1.16. The highest BCUT2D eigenvalue weighted by Crippen LogP contribution is 2.23. The second-order valence-corrected chi connectivity index (χ2v) is 4.47. The number of halogens is 1. The Labute approximate surface area is 117 Å². The van der Waals surface area contributed by atoms with Crippen LogP contribution in [0.1, 0.15) is 12.8 Å². The molecule has 2 atom stereocenters. The topological polar surface area (TPSA) is 119 Å². The van der Waals surface area contributed by atoms with Crippen LogP contribution in [0.5, 0.6) is 0 Å². The van der Waals surface area contributed by atoms with E-state index in [1.54, 1.807) is 0 Å². The molecule has 2 unspecified atom stereocenters. The van der Waals surface area contributed by atoms with Crippen LogP contribution in [0.3, 0.4) is 0 Å².